The summed E-state index contributed by atoms with van der Waals surface area (Å²) in [6.45, 7) is 0.118. The fraction of sp³-hybridized carbons (Fsp3) is 0.400. The van der Waals surface area contributed by atoms with Crippen molar-refractivity contribution in [2.75, 3.05) is 18.6 Å². The molecule has 2 aromatic rings. The van der Waals surface area contributed by atoms with Crippen molar-refractivity contribution in [1.82, 2.24) is 5.32 Å². The predicted octanol–water partition coefficient (Wildman–Crippen LogP) is 2.10. The second-order valence-corrected chi connectivity index (χ2v) is 8.81. The van der Waals surface area contributed by atoms with Gasteiger partial charge in [-0.3, -0.25) is 4.79 Å². The number of hydrogen-bond acceptors (Lipinski definition) is 5. The first kappa shape index (κ1) is 16.4. The van der Waals surface area contributed by atoms with E-state index in [1.54, 1.807) is 12.1 Å². The van der Waals surface area contributed by atoms with Crippen molar-refractivity contribution in [1.29, 1.82) is 0 Å². The maximum atomic E-state index is 14.1. The van der Waals surface area contributed by atoms with Gasteiger partial charge in [-0.25, -0.2) is 12.8 Å². The fourth-order valence-corrected chi connectivity index (χ4v) is 5.59. The minimum absolute atomic E-state index is 0.0440. The quantitative estimate of drug-likeness (QED) is 0.910. The van der Waals surface area contributed by atoms with E-state index in [9.17, 15) is 17.6 Å². The molecule has 5 nitrogen and oxygen atoms in total. The zero-order valence-electron chi connectivity index (χ0n) is 12.5. The fourth-order valence-electron chi connectivity index (χ4n) is 2.79. The Bertz CT molecular complexity index is 860. The number of carbonyl (C=O) groups excluding carboxylic acids is 1. The summed E-state index contributed by atoms with van der Waals surface area (Å²) in [6.07, 6.45) is 0.410. The number of ether oxygens (including phenoxy) is 1. The molecule has 0 saturated carbocycles. The lowest BCUT2D eigenvalue weighted by atomic mass is 10.1. The molecule has 1 aromatic carbocycles. The molecular formula is C15H16FNO4S2. The van der Waals surface area contributed by atoms with Crippen LogP contribution in [0, 0.1) is 5.82 Å². The van der Waals surface area contributed by atoms with Gasteiger partial charge in [0.15, 0.2) is 9.84 Å². The van der Waals surface area contributed by atoms with Crippen LogP contribution in [-0.4, -0.2) is 39.0 Å². The smallest absolute Gasteiger partial charge is 0.262 e. The Kier molecular flexibility index (Phi) is 4.39. The molecule has 0 bridgehead atoms. The van der Waals surface area contributed by atoms with Crippen LogP contribution in [0.3, 0.4) is 0 Å². The number of carbonyl (C=O) groups is 1. The van der Waals surface area contributed by atoms with Gasteiger partial charge in [0.25, 0.3) is 5.91 Å². The standard InChI is InChI=1S/C15H16FNO4S2/c1-21-7-10-13-11(16)3-2-4-12(13)22-14(10)15(18)17-9-5-6-23(19,20)8-9/h2-4,9H,5-8H2,1H3,(H,17,18). The number of thiophene rings is 1. The molecule has 23 heavy (non-hydrogen) atoms. The van der Waals surface area contributed by atoms with E-state index in [1.807, 2.05) is 0 Å². The topological polar surface area (TPSA) is 72.5 Å². The van der Waals surface area contributed by atoms with Gasteiger partial charge in [0.05, 0.1) is 23.0 Å². The monoisotopic (exact) mass is 357 g/mol. The predicted molar refractivity (Wildman–Crippen MR) is 87.0 cm³/mol. The largest absolute Gasteiger partial charge is 0.380 e. The van der Waals surface area contributed by atoms with E-state index in [-0.39, 0.29) is 24.0 Å². The van der Waals surface area contributed by atoms with E-state index in [0.717, 1.165) is 0 Å². The minimum Gasteiger partial charge on any atom is -0.380 e. The van der Waals surface area contributed by atoms with E-state index >= 15 is 0 Å². The molecule has 1 aromatic heterocycles. The first-order chi connectivity index (χ1) is 10.9. The van der Waals surface area contributed by atoms with Crippen molar-refractivity contribution in [3.05, 3.63) is 34.5 Å². The number of fused-ring (bicyclic) bond motifs is 1. The number of hydrogen-bond donors (Lipinski definition) is 1. The number of sulfone groups is 1. The number of methoxy groups -OCH3 is 1. The molecule has 1 saturated heterocycles. The number of halogens is 1. The number of amides is 1. The van der Waals surface area contributed by atoms with Crippen molar-refractivity contribution in [3.63, 3.8) is 0 Å². The van der Waals surface area contributed by atoms with E-state index in [0.29, 0.717) is 26.9 Å². The molecule has 1 aliphatic heterocycles. The van der Waals surface area contributed by atoms with Gasteiger partial charge in [0, 0.05) is 28.8 Å². The Hall–Kier alpha value is -1.51. The molecule has 1 unspecified atom stereocenters. The summed E-state index contributed by atoms with van der Waals surface area (Å²) < 4.78 is 42.9. The van der Waals surface area contributed by atoms with Crippen molar-refractivity contribution >= 4 is 37.2 Å². The van der Waals surface area contributed by atoms with Crippen LogP contribution >= 0.6 is 11.3 Å². The molecule has 1 atom stereocenters. The van der Waals surface area contributed by atoms with E-state index in [2.05, 4.69) is 5.32 Å². The maximum Gasteiger partial charge on any atom is 0.262 e. The average Bonchev–Trinajstić information content (AvgIpc) is 3.01. The van der Waals surface area contributed by atoms with Crippen LogP contribution in [0.5, 0.6) is 0 Å². The molecule has 2 heterocycles. The van der Waals surface area contributed by atoms with Crippen LogP contribution in [0.1, 0.15) is 21.7 Å². The normalized spacial score (nSPS) is 20.0. The molecule has 3 rings (SSSR count). The third-order valence-corrected chi connectivity index (χ3v) is 6.79. The first-order valence-electron chi connectivity index (χ1n) is 7.11. The summed E-state index contributed by atoms with van der Waals surface area (Å²) in [5, 5.41) is 3.14. The highest BCUT2D eigenvalue weighted by molar-refractivity contribution is 7.91. The summed E-state index contributed by atoms with van der Waals surface area (Å²) in [4.78, 5) is 12.9. The molecule has 8 heteroatoms. The second kappa shape index (κ2) is 6.18. The van der Waals surface area contributed by atoms with Crippen LogP contribution < -0.4 is 5.32 Å². The zero-order chi connectivity index (χ0) is 16.6. The van der Waals surface area contributed by atoms with E-state index in [4.69, 9.17) is 4.74 Å². The Labute approximate surface area is 137 Å². The summed E-state index contributed by atoms with van der Waals surface area (Å²) in [5.41, 5.74) is 0.504. The minimum atomic E-state index is -3.07. The summed E-state index contributed by atoms with van der Waals surface area (Å²) in [7, 11) is -1.59. The molecule has 124 valence electrons. The van der Waals surface area contributed by atoms with Crippen LogP contribution in [-0.2, 0) is 21.2 Å². The van der Waals surface area contributed by atoms with Gasteiger partial charge >= 0.3 is 0 Å². The van der Waals surface area contributed by atoms with Gasteiger partial charge in [0.1, 0.15) is 5.82 Å². The summed E-state index contributed by atoms with van der Waals surface area (Å²) in [5.74, 6) is -0.727. The van der Waals surface area contributed by atoms with Crippen molar-refractivity contribution < 1.29 is 22.3 Å². The van der Waals surface area contributed by atoms with Gasteiger partial charge in [-0.05, 0) is 18.6 Å². The number of rotatable bonds is 4. The van der Waals surface area contributed by atoms with Crippen molar-refractivity contribution in [2.45, 2.75) is 19.1 Å². The Balaban J connectivity index is 1.94. The van der Waals surface area contributed by atoms with Gasteiger partial charge < -0.3 is 10.1 Å². The highest BCUT2D eigenvalue weighted by Gasteiger charge is 2.30. The van der Waals surface area contributed by atoms with Gasteiger partial charge in [-0.15, -0.1) is 11.3 Å². The molecule has 0 spiro atoms. The SMILES string of the molecule is COCc1c(C(=O)NC2CCS(=O)(=O)C2)sc2cccc(F)c12. The number of benzene rings is 1. The van der Waals surface area contributed by atoms with Crippen LogP contribution in [0.25, 0.3) is 10.1 Å². The highest BCUT2D eigenvalue weighted by Crippen LogP contribution is 2.34. The van der Waals surface area contributed by atoms with Crippen LogP contribution in [0.15, 0.2) is 18.2 Å². The molecule has 1 amide bonds. The summed E-state index contributed by atoms with van der Waals surface area (Å²) in [6, 6.07) is 4.30. The Morgan fingerprint density at radius 1 is 1.48 bits per heavy atom. The van der Waals surface area contributed by atoms with Crippen molar-refractivity contribution in [3.8, 4) is 0 Å². The lowest BCUT2D eigenvalue weighted by molar-refractivity contribution is 0.0941. The molecule has 1 N–H and O–H groups in total. The lowest BCUT2D eigenvalue weighted by Crippen LogP contribution is -2.35. The van der Waals surface area contributed by atoms with Gasteiger partial charge in [-0.2, -0.15) is 0 Å². The maximum absolute atomic E-state index is 14.1. The molecule has 1 aliphatic rings. The molecular weight excluding hydrogens is 341 g/mol. The van der Waals surface area contributed by atoms with Crippen molar-refractivity contribution in [2.24, 2.45) is 0 Å². The highest BCUT2D eigenvalue weighted by atomic mass is 32.2. The van der Waals surface area contributed by atoms with E-state index in [1.165, 1.54) is 24.5 Å². The number of nitrogens with one attached hydrogen (secondary N) is 1. The third kappa shape index (κ3) is 3.24. The van der Waals surface area contributed by atoms with Gasteiger partial charge in [-0.1, -0.05) is 6.07 Å². The molecule has 0 aliphatic carbocycles. The average molecular weight is 357 g/mol. The van der Waals surface area contributed by atoms with Crippen LogP contribution in [0.2, 0.25) is 0 Å². The second-order valence-electron chi connectivity index (χ2n) is 5.53. The summed E-state index contributed by atoms with van der Waals surface area (Å²) >= 11 is 1.19. The zero-order valence-corrected chi connectivity index (χ0v) is 14.1. The molecule has 1 fully saturated rings. The lowest BCUT2D eigenvalue weighted by Gasteiger charge is -2.11. The van der Waals surface area contributed by atoms with E-state index < -0.39 is 21.7 Å². The third-order valence-electron chi connectivity index (χ3n) is 3.83. The first-order valence-corrected chi connectivity index (χ1v) is 9.75. The Morgan fingerprint density at radius 2 is 2.26 bits per heavy atom. The Morgan fingerprint density at radius 3 is 2.91 bits per heavy atom. The molecule has 0 radical (unpaired) electrons. The van der Waals surface area contributed by atoms with Gasteiger partial charge in [0.2, 0.25) is 0 Å². The van der Waals surface area contributed by atoms with Crippen LogP contribution in [0.4, 0.5) is 4.39 Å².